The molecule has 0 spiro atoms. The largest absolute Gasteiger partial charge is 0.326 e. The van der Waals surface area contributed by atoms with Crippen LogP contribution in [0.15, 0.2) is 0 Å². The van der Waals surface area contributed by atoms with Crippen LogP contribution in [0.3, 0.4) is 0 Å². The van der Waals surface area contributed by atoms with Gasteiger partial charge in [-0.25, -0.2) is 0 Å². The molecule has 0 radical (unpaired) electrons. The van der Waals surface area contributed by atoms with E-state index in [9.17, 15) is 0 Å². The van der Waals surface area contributed by atoms with Crippen LogP contribution < -0.4 is 11.5 Å². The molecular weight excluding hydrogens is 147 g/mol. The highest BCUT2D eigenvalue weighted by atomic mass is 35.5. The Morgan fingerprint density at radius 3 is 1.12 bits per heavy atom. The van der Waals surface area contributed by atoms with Crippen LogP contribution in [0.2, 0.25) is 0 Å². The zero-order valence-electron chi connectivity index (χ0n) is 4.54. The van der Waals surface area contributed by atoms with Crippen molar-refractivity contribution in [1.82, 2.24) is 0 Å². The maximum Gasteiger partial charge on any atom is 0.0192 e. The second-order valence-corrected chi connectivity index (χ2v) is 1.91. The predicted octanol–water partition coefficient (Wildman–Crippen LogP) is 0.278. The molecule has 1 aliphatic rings. The van der Waals surface area contributed by atoms with Crippen LogP contribution >= 0.6 is 24.8 Å². The summed E-state index contributed by atoms with van der Waals surface area (Å²) in [5.41, 5.74) is 10.8. The van der Waals surface area contributed by atoms with Crippen LogP contribution in [0.5, 0.6) is 0 Å². The van der Waals surface area contributed by atoms with Gasteiger partial charge in [-0.1, -0.05) is 0 Å². The van der Waals surface area contributed by atoms with E-state index < -0.39 is 0 Å². The van der Waals surface area contributed by atoms with E-state index in [2.05, 4.69) is 0 Å². The van der Waals surface area contributed by atoms with Gasteiger partial charge in [0.25, 0.3) is 0 Å². The molecule has 0 bridgehead atoms. The van der Waals surface area contributed by atoms with Crippen LogP contribution in [-0.2, 0) is 0 Å². The lowest BCUT2D eigenvalue weighted by Crippen LogP contribution is -2.49. The van der Waals surface area contributed by atoms with E-state index in [-0.39, 0.29) is 24.8 Å². The molecule has 0 aromatic rings. The molecule has 1 saturated carbocycles. The molecule has 1 rings (SSSR count). The number of rotatable bonds is 0. The molecule has 2 nitrogen and oxygen atoms in total. The highest BCUT2D eigenvalue weighted by Gasteiger charge is 2.22. The van der Waals surface area contributed by atoms with Gasteiger partial charge in [0.2, 0.25) is 0 Å². The molecular formula is C4H12Cl2N2. The first-order valence-corrected chi connectivity index (χ1v) is 2.32. The highest BCUT2D eigenvalue weighted by molar-refractivity contribution is 5.85. The first-order chi connectivity index (χ1) is 2.80. The van der Waals surface area contributed by atoms with Gasteiger partial charge in [-0.2, -0.15) is 0 Å². The molecule has 2 unspecified atom stereocenters. The van der Waals surface area contributed by atoms with Gasteiger partial charge in [-0.3, -0.25) is 0 Å². The van der Waals surface area contributed by atoms with Gasteiger partial charge in [-0.05, 0) is 12.8 Å². The quantitative estimate of drug-likeness (QED) is 0.533. The highest BCUT2D eigenvalue weighted by Crippen LogP contribution is 2.13. The van der Waals surface area contributed by atoms with E-state index >= 15 is 0 Å². The fourth-order valence-corrected chi connectivity index (χ4v) is 0.552. The van der Waals surface area contributed by atoms with Crippen molar-refractivity contribution in [3.8, 4) is 0 Å². The molecule has 0 aromatic heterocycles. The van der Waals surface area contributed by atoms with Gasteiger partial charge in [-0.15, -0.1) is 24.8 Å². The van der Waals surface area contributed by atoms with Crippen molar-refractivity contribution >= 4 is 24.8 Å². The maximum atomic E-state index is 5.40. The maximum absolute atomic E-state index is 5.40. The minimum Gasteiger partial charge on any atom is -0.326 e. The molecule has 0 aliphatic heterocycles. The summed E-state index contributed by atoms with van der Waals surface area (Å²) in [4.78, 5) is 0. The van der Waals surface area contributed by atoms with Gasteiger partial charge in [0.1, 0.15) is 0 Å². The van der Waals surface area contributed by atoms with E-state index in [1.54, 1.807) is 0 Å². The summed E-state index contributed by atoms with van der Waals surface area (Å²) in [7, 11) is 0. The average molecular weight is 159 g/mol. The van der Waals surface area contributed by atoms with Crippen LogP contribution in [0.1, 0.15) is 12.8 Å². The van der Waals surface area contributed by atoms with Gasteiger partial charge in [0.15, 0.2) is 0 Å². The van der Waals surface area contributed by atoms with Crippen molar-refractivity contribution in [3.05, 3.63) is 0 Å². The zero-order chi connectivity index (χ0) is 4.57. The van der Waals surface area contributed by atoms with Crippen molar-refractivity contribution in [2.24, 2.45) is 11.5 Å². The molecule has 2 atom stereocenters. The Bertz CT molecular complexity index is 52.0. The summed E-state index contributed by atoms with van der Waals surface area (Å²) in [5, 5.41) is 0. The SMILES string of the molecule is Cl.Cl.NC1CCC1N. The summed E-state index contributed by atoms with van der Waals surface area (Å²) in [5.74, 6) is 0. The lowest BCUT2D eigenvalue weighted by Gasteiger charge is -2.29. The van der Waals surface area contributed by atoms with Gasteiger partial charge >= 0.3 is 0 Å². The molecule has 0 saturated heterocycles. The Kier molecular flexibility index (Phi) is 6.20. The van der Waals surface area contributed by atoms with Crippen LogP contribution in [0, 0.1) is 0 Å². The Morgan fingerprint density at radius 2 is 1.12 bits per heavy atom. The van der Waals surface area contributed by atoms with Crippen molar-refractivity contribution in [3.63, 3.8) is 0 Å². The van der Waals surface area contributed by atoms with Crippen molar-refractivity contribution in [1.29, 1.82) is 0 Å². The predicted molar refractivity (Wildman–Crippen MR) is 39.7 cm³/mol. The van der Waals surface area contributed by atoms with Crippen molar-refractivity contribution in [2.45, 2.75) is 24.9 Å². The average Bonchev–Trinajstić information content (AvgIpc) is 1.61. The third kappa shape index (κ3) is 2.18. The third-order valence-corrected chi connectivity index (χ3v) is 1.38. The van der Waals surface area contributed by atoms with E-state index in [1.807, 2.05) is 0 Å². The Hall–Kier alpha value is 0.500. The summed E-state index contributed by atoms with van der Waals surface area (Å²) < 4.78 is 0. The van der Waals surface area contributed by atoms with Gasteiger partial charge < -0.3 is 11.5 Å². The lowest BCUT2D eigenvalue weighted by atomic mass is 9.88. The smallest absolute Gasteiger partial charge is 0.0192 e. The lowest BCUT2D eigenvalue weighted by molar-refractivity contribution is 0.347. The molecule has 4 N–H and O–H groups in total. The molecule has 0 heterocycles. The fourth-order valence-electron chi connectivity index (χ4n) is 0.552. The Labute approximate surface area is 61.8 Å². The Balaban J connectivity index is 0. The number of halogens is 2. The molecule has 8 heavy (non-hydrogen) atoms. The monoisotopic (exact) mass is 158 g/mol. The summed E-state index contributed by atoms with van der Waals surface area (Å²) in [6, 6.07) is 0.620. The third-order valence-electron chi connectivity index (χ3n) is 1.38. The normalized spacial score (nSPS) is 33.8. The zero-order valence-corrected chi connectivity index (χ0v) is 6.17. The topological polar surface area (TPSA) is 52.0 Å². The second kappa shape index (κ2) is 4.39. The molecule has 0 aromatic carbocycles. The Morgan fingerprint density at radius 1 is 0.875 bits per heavy atom. The van der Waals surface area contributed by atoms with Crippen molar-refractivity contribution < 1.29 is 0 Å². The fraction of sp³-hybridized carbons (Fsp3) is 1.00. The first kappa shape index (κ1) is 11.3. The van der Waals surface area contributed by atoms with E-state index in [4.69, 9.17) is 11.5 Å². The minimum atomic E-state index is 0. The van der Waals surface area contributed by atoms with Crippen LogP contribution in [0.4, 0.5) is 0 Å². The van der Waals surface area contributed by atoms with Gasteiger partial charge in [0.05, 0.1) is 0 Å². The molecule has 1 aliphatic carbocycles. The standard InChI is InChI=1S/C4H10N2.2ClH/c5-3-1-2-4(3)6;;/h3-4H,1-2,5-6H2;2*1H. The van der Waals surface area contributed by atoms with Gasteiger partial charge in [0, 0.05) is 12.1 Å². The van der Waals surface area contributed by atoms with E-state index in [0.29, 0.717) is 12.1 Å². The summed E-state index contributed by atoms with van der Waals surface area (Å²) in [6.07, 6.45) is 2.25. The minimum absolute atomic E-state index is 0. The number of hydrogen-bond acceptors (Lipinski definition) is 2. The summed E-state index contributed by atoms with van der Waals surface area (Å²) in [6.45, 7) is 0. The molecule has 1 fully saturated rings. The van der Waals surface area contributed by atoms with Crippen molar-refractivity contribution in [2.75, 3.05) is 0 Å². The number of hydrogen-bond donors (Lipinski definition) is 2. The first-order valence-electron chi connectivity index (χ1n) is 2.32. The summed E-state index contributed by atoms with van der Waals surface area (Å²) >= 11 is 0. The number of nitrogens with two attached hydrogens (primary N) is 2. The van der Waals surface area contributed by atoms with E-state index in [0.717, 1.165) is 12.8 Å². The molecule has 4 heteroatoms. The van der Waals surface area contributed by atoms with E-state index in [1.165, 1.54) is 0 Å². The molecule has 52 valence electrons. The van der Waals surface area contributed by atoms with Crippen LogP contribution in [0.25, 0.3) is 0 Å². The molecule has 0 amide bonds. The second-order valence-electron chi connectivity index (χ2n) is 1.91. The van der Waals surface area contributed by atoms with Crippen LogP contribution in [-0.4, -0.2) is 12.1 Å².